The summed E-state index contributed by atoms with van der Waals surface area (Å²) in [5.74, 6) is 0. The van der Waals surface area contributed by atoms with Gasteiger partial charge in [-0.3, -0.25) is 0 Å². The molecule has 0 spiro atoms. The van der Waals surface area contributed by atoms with E-state index in [2.05, 4.69) is 203 Å². The van der Waals surface area contributed by atoms with Crippen LogP contribution in [0.5, 0.6) is 0 Å². The van der Waals surface area contributed by atoms with E-state index >= 15 is 0 Å². The van der Waals surface area contributed by atoms with Crippen molar-refractivity contribution in [1.82, 2.24) is 9.13 Å². The van der Waals surface area contributed by atoms with Crippen molar-refractivity contribution < 1.29 is 0 Å². The van der Waals surface area contributed by atoms with Crippen molar-refractivity contribution in [3.05, 3.63) is 187 Å². The average molecular weight is 637 g/mol. The molecule has 234 valence electrons. The maximum atomic E-state index is 2.39. The predicted molar refractivity (Wildman–Crippen MR) is 216 cm³/mol. The molecule has 2 nitrogen and oxygen atoms in total. The fourth-order valence-electron chi connectivity index (χ4n) is 7.80. The predicted octanol–water partition coefficient (Wildman–Crippen LogP) is 13.0. The molecule has 10 aromatic rings. The van der Waals surface area contributed by atoms with Gasteiger partial charge in [0.15, 0.2) is 0 Å². The zero-order valence-electron chi connectivity index (χ0n) is 27.4. The molecule has 0 radical (unpaired) electrons. The van der Waals surface area contributed by atoms with Gasteiger partial charge in [0.25, 0.3) is 0 Å². The maximum Gasteiger partial charge on any atom is 0.0541 e. The summed E-state index contributed by atoms with van der Waals surface area (Å²) in [6.45, 7) is 0. The molecule has 0 bridgehead atoms. The second-order valence-electron chi connectivity index (χ2n) is 13.0. The van der Waals surface area contributed by atoms with Gasteiger partial charge in [0.2, 0.25) is 0 Å². The molecular formula is C48H32N2. The Morgan fingerprint density at radius 2 is 0.840 bits per heavy atom. The van der Waals surface area contributed by atoms with Crippen LogP contribution in [0.2, 0.25) is 0 Å². The van der Waals surface area contributed by atoms with Crippen LogP contribution in [0.3, 0.4) is 0 Å². The number of fused-ring (bicyclic) bond motifs is 8. The maximum absolute atomic E-state index is 2.39. The summed E-state index contributed by atoms with van der Waals surface area (Å²) in [5.41, 5.74) is 9.56. The van der Waals surface area contributed by atoms with Crippen LogP contribution in [0.15, 0.2) is 170 Å². The Balaban J connectivity index is 1.13. The molecule has 50 heavy (non-hydrogen) atoms. The van der Waals surface area contributed by atoms with Gasteiger partial charge < -0.3 is 9.13 Å². The molecule has 0 N–H and O–H groups in total. The molecule has 0 unspecified atom stereocenters. The molecule has 2 heteroatoms. The van der Waals surface area contributed by atoms with E-state index in [1.807, 2.05) is 0 Å². The van der Waals surface area contributed by atoms with Crippen molar-refractivity contribution in [2.45, 2.75) is 0 Å². The molecule has 8 aromatic carbocycles. The van der Waals surface area contributed by atoms with Crippen molar-refractivity contribution in [2.75, 3.05) is 0 Å². The van der Waals surface area contributed by atoms with Gasteiger partial charge in [-0.05, 0) is 98.9 Å². The van der Waals surface area contributed by atoms with E-state index in [1.54, 1.807) is 0 Å². The Kier molecular flexibility index (Phi) is 6.53. The van der Waals surface area contributed by atoms with E-state index in [-0.39, 0.29) is 0 Å². The van der Waals surface area contributed by atoms with Crippen LogP contribution >= 0.6 is 0 Å². The summed E-state index contributed by atoms with van der Waals surface area (Å²) in [6.07, 6.45) is 9.01. The number of hydrogen-bond donors (Lipinski definition) is 0. The van der Waals surface area contributed by atoms with Gasteiger partial charge >= 0.3 is 0 Å². The summed E-state index contributed by atoms with van der Waals surface area (Å²) >= 11 is 0. The van der Waals surface area contributed by atoms with E-state index in [0.717, 1.165) is 11.3 Å². The number of rotatable bonds is 5. The van der Waals surface area contributed by atoms with Crippen molar-refractivity contribution in [1.29, 1.82) is 0 Å². The zero-order chi connectivity index (χ0) is 33.0. The molecule has 0 aliphatic rings. The molecule has 0 aliphatic carbocycles. The zero-order valence-corrected chi connectivity index (χ0v) is 27.4. The molecule has 0 amide bonds. The minimum Gasteiger partial charge on any atom is -0.316 e. The molecule has 0 saturated heterocycles. The lowest BCUT2D eigenvalue weighted by atomic mass is 9.96. The van der Waals surface area contributed by atoms with Gasteiger partial charge in [0.1, 0.15) is 0 Å². The SMILES string of the molecule is C(=C\c1c2ccccc2cc2ccccc12)/c1ccc2c(c1)c1cc(/C=C/n3c4ccccc4c4ccccc43)ccc1n2-c1ccccc1. The number of benzene rings is 8. The summed E-state index contributed by atoms with van der Waals surface area (Å²) in [7, 11) is 0. The van der Waals surface area contributed by atoms with E-state index in [0.29, 0.717) is 0 Å². The van der Waals surface area contributed by atoms with E-state index in [1.165, 1.54) is 76.3 Å². The Labute approximate surface area is 290 Å². The summed E-state index contributed by atoms with van der Waals surface area (Å²) < 4.78 is 4.69. The smallest absolute Gasteiger partial charge is 0.0541 e. The third-order valence-electron chi connectivity index (χ3n) is 10.1. The third kappa shape index (κ3) is 4.57. The highest BCUT2D eigenvalue weighted by Crippen LogP contribution is 2.36. The van der Waals surface area contributed by atoms with Crippen LogP contribution < -0.4 is 0 Å². The van der Waals surface area contributed by atoms with Crippen LogP contribution in [-0.2, 0) is 0 Å². The first kappa shape index (κ1) is 28.4. The molecule has 2 heterocycles. The lowest BCUT2D eigenvalue weighted by Gasteiger charge is -2.09. The van der Waals surface area contributed by atoms with Crippen molar-refractivity contribution in [3.8, 4) is 5.69 Å². The fraction of sp³-hybridized carbons (Fsp3) is 0. The van der Waals surface area contributed by atoms with Crippen LogP contribution in [0.25, 0.3) is 95.3 Å². The molecule has 0 atom stereocenters. The van der Waals surface area contributed by atoms with E-state index in [4.69, 9.17) is 0 Å². The van der Waals surface area contributed by atoms with Crippen molar-refractivity contribution in [3.63, 3.8) is 0 Å². The lowest BCUT2D eigenvalue weighted by molar-refractivity contribution is 1.18. The molecule has 2 aromatic heterocycles. The number of hydrogen-bond acceptors (Lipinski definition) is 0. The Bertz CT molecular complexity index is 2860. The quantitative estimate of drug-likeness (QED) is 0.131. The topological polar surface area (TPSA) is 9.86 Å². The first-order valence-corrected chi connectivity index (χ1v) is 17.2. The molecule has 0 fully saturated rings. The van der Waals surface area contributed by atoms with E-state index in [9.17, 15) is 0 Å². The van der Waals surface area contributed by atoms with Crippen molar-refractivity contribution in [2.24, 2.45) is 0 Å². The Morgan fingerprint density at radius 3 is 1.44 bits per heavy atom. The van der Waals surface area contributed by atoms with Gasteiger partial charge in [0.05, 0.1) is 22.1 Å². The van der Waals surface area contributed by atoms with Gasteiger partial charge in [-0.1, -0.05) is 127 Å². The first-order chi connectivity index (χ1) is 24.8. The number of aromatic nitrogens is 2. The van der Waals surface area contributed by atoms with Crippen LogP contribution in [0.4, 0.5) is 0 Å². The van der Waals surface area contributed by atoms with Gasteiger partial charge in [-0.15, -0.1) is 0 Å². The molecule has 0 aliphatic heterocycles. The van der Waals surface area contributed by atoms with E-state index < -0.39 is 0 Å². The largest absolute Gasteiger partial charge is 0.316 e. The minimum absolute atomic E-state index is 1.16. The summed E-state index contributed by atoms with van der Waals surface area (Å²) in [4.78, 5) is 0. The lowest BCUT2D eigenvalue weighted by Crippen LogP contribution is -1.93. The average Bonchev–Trinajstić information content (AvgIpc) is 3.68. The number of nitrogens with zero attached hydrogens (tertiary/aromatic N) is 2. The summed E-state index contributed by atoms with van der Waals surface area (Å²) in [5, 5.41) is 10.1. The summed E-state index contributed by atoms with van der Waals surface area (Å²) in [6, 6.07) is 61.3. The second kappa shape index (κ2) is 11.5. The molecule has 10 rings (SSSR count). The highest BCUT2D eigenvalue weighted by atomic mass is 15.0. The second-order valence-corrected chi connectivity index (χ2v) is 13.0. The fourth-order valence-corrected chi connectivity index (χ4v) is 7.80. The highest BCUT2D eigenvalue weighted by Gasteiger charge is 2.14. The van der Waals surface area contributed by atoms with Gasteiger partial charge in [-0.25, -0.2) is 0 Å². The van der Waals surface area contributed by atoms with Crippen LogP contribution in [0, 0.1) is 0 Å². The van der Waals surface area contributed by atoms with Crippen molar-refractivity contribution >= 4 is 89.6 Å². The van der Waals surface area contributed by atoms with Gasteiger partial charge in [-0.2, -0.15) is 0 Å². The van der Waals surface area contributed by atoms with Crippen LogP contribution in [-0.4, -0.2) is 9.13 Å². The van der Waals surface area contributed by atoms with Gasteiger partial charge in [0, 0.05) is 33.4 Å². The third-order valence-corrected chi connectivity index (χ3v) is 10.1. The highest BCUT2D eigenvalue weighted by molar-refractivity contribution is 6.12. The van der Waals surface area contributed by atoms with Crippen LogP contribution in [0.1, 0.15) is 16.7 Å². The Morgan fingerprint density at radius 1 is 0.340 bits per heavy atom. The molecule has 0 saturated carbocycles. The normalized spacial score (nSPS) is 12.2. The number of para-hydroxylation sites is 3. The molecular weight excluding hydrogens is 605 g/mol. The first-order valence-electron chi connectivity index (χ1n) is 17.2. The standard InChI is InChI=1S/C48H32N2/c1-2-14-37(15-3-1)50-47-26-23-33(22-25-40-38-16-6-4-12-35(38)32-36-13-5-7-17-39(36)40)30-43(47)44-31-34(24-27-48(44)50)28-29-49-45-20-10-8-18-41(45)42-19-9-11-21-46(42)49/h1-32H/b25-22+,29-28+. The minimum atomic E-state index is 1.16. The monoisotopic (exact) mass is 636 g/mol. The Hall–Kier alpha value is -6.64.